The molecule has 1 aromatic carbocycles. The fourth-order valence-electron chi connectivity index (χ4n) is 2.16. The molecule has 2 aromatic rings. The summed E-state index contributed by atoms with van der Waals surface area (Å²) in [5.74, 6) is 0.964. The van der Waals surface area contributed by atoms with Crippen molar-refractivity contribution in [3.05, 3.63) is 50.1 Å². The molecular weight excluding hydrogens is 346 g/mol. The van der Waals surface area contributed by atoms with E-state index in [1.54, 1.807) is 11.3 Å². The van der Waals surface area contributed by atoms with Crippen LogP contribution >= 0.6 is 27.3 Å². The Bertz CT molecular complexity index is 582. The Labute approximate surface area is 139 Å². The van der Waals surface area contributed by atoms with Crippen molar-refractivity contribution in [1.29, 1.82) is 0 Å². The van der Waals surface area contributed by atoms with Crippen LogP contribution in [0.15, 0.2) is 34.1 Å². The summed E-state index contributed by atoms with van der Waals surface area (Å²) < 4.78 is 7.04. The molecular formula is C17H22BrNOS. The Morgan fingerprint density at radius 3 is 2.76 bits per heavy atom. The average Bonchev–Trinajstić information content (AvgIpc) is 2.89. The van der Waals surface area contributed by atoms with Gasteiger partial charge < -0.3 is 10.1 Å². The molecule has 0 aliphatic heterocycles. The van der Waals surface area contributed by atoms with Crippen LogP contribution in [0.4, 0.5) is 0 Å². The zero-order chi connectivity index (χ0) is 15.2. The molecule has 0 aliphatic rings. The lowest BCUT2D eigenvalue weighted by atomic mass is 10.0. The highest BCUT2D eigenvalue weighted by Gasteiger charge is 2.08. The van der Waals surface area contributed by atoms with Gasteiger partial charge in [-0.15, -0.1) is 11.3 Å². The van der Waals surface area contributed by atoms with Crippen LogP contribution in [0, 0.1) is 6.92 Å². The van der Waals surface area contributed by atoms with E-state index >= 15 is 0 Å². The highest BCUT2D eigenvalue weighted by atomic mass is 79.9. The smallest absolute Gasteiger partial charge is 0.122 e. The zero-order valence-corrected chi connectivity index (χ0v) is 15.2. The number of aryl methyl sites for hydroxylation is 1. The van der Waals surface area contributed by atoms with Crippen LogP contribution < -0.4 is 10.1 Å². The predicted molar refractivity (Wildman–Crippen MR) is 94.2 cm³/mol. The Balaban J connectivity index is 1.98. The normalized spacial score (nSPS) is 12.4. The molecule has 21 heavy (non-hydrogen) atoms. The van der Waals surface area contributed by atoms with E-state index in [4.69, 9.17) is 4.74 Å². The number of hydrogen-bond donors (Lipinski definition) is 1. The van der Waals surface area contributed by atoms with E-state index < -0.39 is 0 Å². The first-order chi connectivity index (χ1) is 10.1. The number of nitrogens with one attached hydrogen (secondary N) is 1. The van der Waals surface area contributed by atoms with E-state index in [1.807, 2.05) is 0 Å². The van der Waals surface area contributed by atoms with Crippen LogP contribution in [0.1, 0.15) is 42.3 Å². The Hall–Kier alpha value is -0.840. The standard InChI is InChI=1S/C17H22BrNOS/c1-4-7-19-13(3)14-5-6-17(12(2)8-14)20-10-16-9-15(18)11-21-16/h5-6,8-9,11,13,19H,4,7,10H2,1-3H3. The molecule has 0 amide bonds. The summed E-state index contributed by atoms with van der Waals surface area (Å²) in [6.45, 7) is 8.17. The van der Waals surface area contributed by atoms with Crippen LogP contribution in [0.2, 0.25) is 0 Å². The van der Waals surface area contributed by atoms with Crippen molar-refractivity contribution in [3.8, 4) is 5.75 Å². The first-order valence-electron chi connectivity index (χ1n) is 7.29. The molecule has 0 fully saturated rings. The fourth-order valence-corrected chi connectivity index (χ4v) is 3.52. The number of hydrogen-bond acceptors (Lipinski definition) is 3. The molecule has 114 valence electrons. The Kier molecular flexibility index (Phi) is 6.27. The number of benzene rings is 1. The van der Waals surface area contributed by atoms with E-state index in [0.29, 0.717) is 12.6 Å². The summed E-state index contributed by atoms with van der Waals surface area (Å²) in [6, 6.07) is 8.93. The van der Waals surface area contributed by atoms with Gasteiger partial charge in [-0.2, -0.15) is 0 Å². The maximum Gasteiger partial charge on any atom is 0.122 e. The summed E-state index contributed by atoms with van der Waals surface area (Å²) in [6.07, 6.45) is 1.15. The van der Waals surface area contributed by atoms with E-state index in [-0.39, 0.29) is 0 Å². The fraction of sp³-hybridized carbons (Fsp3) is 0.412. The molecule has 1 N–H and O–H groups in total. The highest BCUT2D eigenvalue weighted by Crippen LogP contribution is 2.25. The minimum atomic E-state index is 0.381. The molecule has 0 bridgehead atoms. The van der Waals surface area contributed by atoms with Gasteiger partial charge in [0.1, 0.15) is 12.4 Å². The third-order valence-electron chi connectivity index (χ3n) is 3.39. The summed E-state index contributed by atoms with van der Waals surface area (Å²) in [7, 11) is 0. The van der Waals surface area contributed by atoms with Crippen LogP contribution in [0.5, 0.6) is 5.75 Å². The molecule has 4 heteroatoms. The lowest BCUT2D eigenvalue weighted by Gasteiger charge is -2.16. The van der Waals surface area contributed by atoms with Gasteiger partial charge in [-0.05, 0) is 66.0 Å². The molecule has 0 spiro atoms. The number of thiophene rings is 1. The zero-order valence-electron chi connectivity index (χ0n) is 12.8. The molecule has 1 unspecified atom stereocenters. The first kappa shape index (κ1) is 16.5. The van der Waals surface area contributed by atoms with E-state index in [9.17, 15) is 0 Å². The second-order valence-corrected chi connectivity index (χ2v) is 7.13. The van der Waals surface area contributed by atoms with Gasteiger partial charge in [0.2, 0.25) is 0 Å². The SMILES string of the molecule is CCCNC(C)c1ccc(OCc2cc(Br)cs2)c(C)c1. The lowest BCUT2D eigenvalue weighted by molar-refractivity contribution is 0.307. The molecule has 2 rings (SSSR count). The second kappa shape index (κ2) is 7.97. The molecule has 0 radical (unpaired) electrons. The molecule has 1 aromatic heterocycles. The van der Waals surface area contributed by atoms with Crippen LogP contribution in [-0.2, 0) is 6.61 Å². The maximum atomic E-state index is 5.92. The number of halogens is 1. The molecule has 1 heterocycles. The van der Waals surface area contributed by atoms with Crippen molar-refractivity contribution in [2.75, 3.05) is 6.54 Å². The third kappa shape index (κ3) is 4.83. The van der Waals surface area contributed by atoms with Gasteiger partial charge in [0.15, 0.2) is 0 Å². The Morgan fingerprint density at radius 1 is 1.33 bits per heavy atom. The quantitative estimate of drug-likeness (QED) is 0.701. The van der Waals surface area contributed by atoms with Crippen molar-refractivity contribution in [2.24, 2.45) is 0 Å². The van der Waals surface area contributed by atoms with Gasteiger partial charge in [0, 0.05) is 20.8 Å². The maximum absolute atomic E-state index is 5.92. The van der Waals surface area contributed by atoms with Gasteiger partial charge in [-0.1, -0.05) is 19.1 Å². The molecule has 1 atom stereocenters. The van der Waals surface area contributed by atoms with Gasteiger partial charge in [-0.3, -0.25) is 0 Å². The summed E-state index contributed by atoms with van der Waals surface area (Å²) in [5.41, 5.74) is 2.50. The van der Waals surface area contributed by atoms with Gasteiger partial charge in [0.25, 0.3) is 0 Å². The summed E-state index contributed by atoms with van der Waals surface area (Å²) in [5, 5.41) is 5.59. The van der Waals surface area contributed by atoms with Crippen LogP contribution in [0.3, 0.4) is 0 Å². The van der Waals surface area contributed by atoms with Crippen molar-refractivity contribution >= 4 is 27.3 Å². The van der Waals surface area contributed by atoms with Gasteiger partial charge in [0.05, 0.1) is 0 Å². The highest BCUT2D eigenvalue weighted by molar-refractivity contribution is 9.10. The van der Waals surface area contributed by atoms with E-state index in [1.165, 1.54) is 16.0 Å². The van der Waals surface area contributed by atoms with Gasteiger partial charge >= 0.3 is 0 Å². The number of ether oxygens (including phenoxy) is 1. The third-order valence-corrected chi connectivity index (χ3v) is 5.06. The Morgan fingerprint density at radius 2 is 2.14 bits per heavy atom. The van der Waals surface area contributed by atoms with Crippen LogP contribution in [0.25, 0.3) is 0 Å². The van der Waals surface area contributed by atoms with Crippen molar-refractivity contribution in [2.45, 2.75) is 39.8 Å². The largest absolute Gasteiger partial charge is 0.488 e. The minimum absolute atomic E-state index is 0.381. The van der Waals surface area contributed by atoms with Gasteiger partial charge in [-0.25, -0.2) is 0 Å². The van der Waals surface area contributed by atoms with Crippen molar-refractivity contribution < 1.29 is 4.74 Å². The molecule has 0 saturated heterocycles. The summed E-state index contributed by atoms with van der Waals surface area (Å²) in [4.78, 5) is 1.23. The molecule has 0 aliphatic carbocycles. The van der Waals surface area contributed by atoms with E-state index in [0.717, 1.165) is 23.2 Å². The molecule has 0 saturated carbocycles. The molecule has 2 nitrogen and oxygen atoms in total. The minimum Gasteiger partial charge on any atom is -0.488 e. The van der Waals surface area contributed by atoms with E-state index in [2.05, 4.69) is 71.7 Å². The topological polar surface area (TPSA) is 21.3 Å². The number of rotatable bonds is 7. The lowest BCUT2D eigenvalue weighted by Crippen LogP contribution is -2.19. The van der Waals surface area contributed by atoms with Crippen molar-refractivity contribution in [1.82, 2.24) is 5.32 Å². The first-order valence-corrected chi connectivity index (χ1v) is 8.97. The van der Waals surface area contributed by atoms with Crippen molar-refractivity contribution in [3.63, 3.8) is 0 Å². The monoisotopic (exact) mass is 367 g/mol. The predicted octanol–water partition coefficient (Wildman–Crippen LogP) is 5.46. The second-order valence-electron chi connectivity index (χ2n) is 5.22. The van der Waals surface area contributed by atoms with Crippen LogP contribution in [-0.4, -0.2) is 6.54 Å². The summed E-state index contributed by atoms with van der Waals surface area (Å²) >= 11 is 5.18. The average molecular weight is 368 g/mol.